The lowest BCUT2D eigenvalue weighted by molar-refractivity contribution is 0.0342. The topological polar surface area (TPSA) is 58.1 Å². The third-order valence-electron chi connectivity index (χ3n) is 4.79. The van der Waals surface area contributed by atoms with Crippen molar-refractivity contribution in [3.63, 3.8) is 0 Å². The molecule has 7 heteroatoms. The van der Waals surface area contributed by atoms with Crippen LogP contribution in [0.5, 0.6) is 0 Å². The highest BCUT2D eigenvalue weighted by molar-refractivity contribution is 14.0. The van der Waals surface area contributed by atoms with Crippen LogP contribution in [0.3, 0.4) is 0 Å². The maximum atomic E-state index is 5.67. The Balaban J connectivity index is 0.00000261. The normalized spacial score (nSPS) is 20.9. The molecule has 1 aromatic rings. The first-order valence-electron chi connectivity index (χ1n) is 9.85. The highest BCUT2D eigenvalue weighted by Crippen LogP contribution is 2.12. The van der Waals surface area contributed by atoms with Crippen LogP contribution in [0, 0.1) is 0 Å². The van der Waals surface area contributed by atoms with Crippen LogP contribution < -0.4 is 10.6 Å². The number of rotatable bonds is 7. The van der Waals surface area contributed by atoms with Crippen LogP contribution in [0.25, 0.3) is 0 Å². The van der Waals surface area contributed by atoms with Crippen molar-refractivity contribution in [3.8, 4) is 0 Å². The second-order valence-corrected chi connectivity index (χ2v) is 6.92. The Morgan fingerprint density at radius 2 is 2.00 bits per heavy atom. The molecule has 2 heterocycles. The standard InChI is InChI=1S/C20H32N4O2.HI/c1-2-21-20(23-15-19-7-4-10-26-19)22-14-17-5-3-6-18(13-17)16-24-8-11-25-12-9-24;/h3,5-6,13,19H,2,4,7-12,14-16H2,1H3,(H2,21,22,23);1H. The lowest BCUT2D eigenvalue weighted by Crippen LogP contribution is -2.41. The molecule has 0 saturated carbocycles. The highest BCUT2D eigenvalue weighted by atomic mass is 127. The summed E-state index contributed by atoms with van der Waals surface area (Å²) in [6.45, 7) is 10.0. The van der Waals surface area contributed by atoms with E-state index in [2.05, 4.69) is 46.7 Å². The van der Waals surface area contributed by atoms with Gasteiger partial charge in [0.1, 0.15) is 0 Å². The molecule has 0 radical (unpaired) electrons. The summed E-state index contributed by atoms with van der Waals surface area (Å²) < 4.78 is 11.1. The summed E-state index contributed by atoms with van der Waals surface area (Å²) in [6, 6.07) is 8.75. The fourth-order valence-electron chi connectivity index (χ4n) is 3.37. The monoisotopic (exact) mass is 488 g/mol. The summed E-state index contributed by atoms with van der Waals surface area (Å²) in [5.41, 5.74) is 2.59. The van der Waals surface area contributed by atoms with Crippen molar-refractivity contribution in [2.24, 2.45) is 4.99 Å². The van der Waals surface area contributed by atoms with Crippen LogP contribution in [0.2, 0.25) is 0 Å². The number of nitrogens with one attached hydrogen (secondary N) is 2. The summed E-state index contributed by atoms with van der Waals surface area (Å²) in [4.78, 5) is 7.18. The second-order valence-electron chi connectivity index (χ2n) is 6.92. The van der Waals surface area contributed by atoms with Gasteiger partial charge < -0.3 is 20.1 Å². The van der Waals surface area contributed by atoms with Crippen molar-refractivity contribution >= 4 is 29.9 Å². The molecule has 2 fully saturated rings. The average molecular weight is 488 g/mol. The van der Waals surface area contributed by atoms with Crippen molar-refractivity contribution in [1.29, 1.82) is 0 Å². The van der Waals surface area contributed by atoms with Gasteiger partial charge in [0.2, 0.25) is 0 Å². The maximum absolute atomic E-state index is 5.67. The van der Waals surface area contributed by atoms with E-state index in [1.54, 1.807) is 0 Å². The molecule has 1 atom stereocenters. The first-order valence-corrected chi connectivity index (χ1v) is 9.85. The van der Waals surface area contributed by atoms with Gasteiger partial charge >= 0.3 is 0 Å². The molecule has 2 saturated heterocycles. The van der Waals surface area contributed by atoms with Gasteiger partial charge in [0.15, 0.2) is 5.96 Å². The highest BCUT2D eigenvalue weighted by Gasteiger charge is 2.15. The van der Waals surface area contributed by atoms with Gasteiger partial charge in [-0.1, -0.05) is 24.3 Å². The van der Waals surface area contributed by atoms with Gasteiger partial charge in [-0.2, -0.15) is 0 Å². The molecule has 3 rings (SSSR count). The molecular formula is C20H33IN4O2. The van der Waals surface area contributed by atoms with Crippen LogP contribution in [0.1, 0.15) is 30.9 Å². The van der Waals surface area contributed by atoms with Crippen molar-refractivity contribution < 1.29 is 9.47 Å². The fraction of sp³-hybridized carbons (Fsp3) is 0.650. The Labute approximate surface area is 180 Å². The summed E-state index contributed by atoms with van der Waals surface area (Å²) in [5, 5.41) is 6.72. The molecule has 6 nitrogen and oxygen atoms in total. The van der Waals surface area contributed by atoms with E-state index in [4.69, 9.17) is 14.5 Å². The Morgan fingerprint density at radius 1 is 1.19 bits per heavy atom. The SMILES string of the molecule is CCNC(=NCc1cccc(CN2CCOCC2)c1)NCC1CCCO1.I. The van der Waals surface area contributed by atoms with Crippen LogP contribution in [-0.2, 0) is 22.6 Å². The van der Waals surface area contributed by atoms with Crippen molar-refractivity contribution in [2.75, 3.05) is 46.0 Å². The van der Waals surface area contributed by atoms with Crippen LogP contribution in [0.15, 0.2) is 29.3 Å². The van der Waals surface area contributed by atoms with Gasteiger partial charge in [-0.05, 0) is 30.9 Å². The van der Waals surface area contributed by atoms with Gasteiger partial charge in [-0.3, -0.25) is 4.90 Å². The minimum absolute atomic E-state index is 0. The van der Waals surface area contributed by atoms with Crippen molar-refractivity contribution in [2.45, 2.75) is 39.0 Å². The molecule has 27 heavy (non-hydrogen) atoms. The van der Waals surface area contributed by atoms with Crippen LogP contribution in [0.4, 0.5) is 0 Å². The van der Waals surface area contributed by atoms with E-state index in [0.717, 1.165) is 71.3 Å². The third kappa shape index (κ3) is 7.93. The average Bonchev–Trinajstić information content (AvgIpc) is 3.19. The van der Waals surface area contributed by atoms with E-state index >= 15 is 0 Å². The van der Waals surface area contributed by atoms with Gasteiger partial charge in [-0.25, -0.2) is 4.99 Å². The third-order valence-corrected chi connectivity index (χ3v) is 4.79. The molecule has 1 unspecified atom stereocenters. The van der Waals surface area contributed by atoms with Gasteiger partial charge in [0.25, 0.3) is 0 Å². The first kappa shape index (κ1) is 22.4. The van der Waals surface area contributed by atoms with Crippen LogP contribution in [-0.4, -0.2) is 63.0 Å². The quantitative estimate of drug-likeness (QED) is 0.351. The number of ether oxygens (including phenoxy) is 2. The zero-order chi connectivity index (χ0) is 18.0. The molecule has 1 aromatic carbocycles. The van der Waals surface area contributed by atoms with Crippen molar-refractivity contribution in [1.82, 2.24) is 15.5 Å². The number of nitrogens with zero attached hydrogens (tertiary/aromatic N) is 2. The molecule has 2 N–H and O–H groups in total. The molecule has 0 spiro atoms. The molecule has 2 aliphatic rings. The van der Waals surface area contributed by atoms with Gasteiger partial charge in [0, 0.05) is 39.3 Å². The lowest BCUT2D eigenvalue weighted by atomic mass is 10.1. The Kier molecular flexibility index (Phi) is 10.4. The van der Waals surface area contributed by atoms with E-state index in [1.165, 1.54) is 11.1 Å². The Bertz CT molecular complexity index is 573. The number of guanidine groups is 1. The van der Waals surface area contributed by atoms with E-state index in [1.807, 2.05) is 0 Å². The number of hydrogen-bond donors (Lipinski definition) is 2. The summed E-state index contributed by atoms with van der Waals surface area (Å²) >= 11 is 0. The predicted molar refractivity (Wildman–Crippen MR) is 120 cm³/mol. The Morgan fingerprint density at radius 3 is 2.74 bits per heavy atom. The second kappa shape index (κ2) is 12.5. The minimum atomic E-state index is 0. The molecule has 0 bridgehead atoms. The molecule has 152 valence electrons. The lowest BCUT2D eigenvalue weighted by Gasteiger charge is -2.26. The Hall–Kier alpha value is -0.900. The number of halogens is 1. The van der Waals surface area contributed by atoms with Crippen LogP contribution >= 0.6 is 24.0 Å². The number of hydrogen-bond acceptors (Lipinski definition) is 4. The fourth-order valence-corrected chi connectivity index (χ4v) is 3.37. The summed E-state index contributed by atoms with van der Waals surface area (Å²) in [6.07, 6.45) is 2.61. The van der Waals surface area contributed by atoms with E-state index < -0.39 is 0 Å². The first-order chi connectivity index (χ1) is 12.8. The van der Waals surface area contributed by atoms with Crippen molar-refractivity contribution in [3.05, 3.63) is 35.4 Å². The summed E-state index contributed by atoms with van der Waals surface area (Å²) in [5.74, 6) is 0.863. The minimum Gasteiger partial charge on any atom is -0.379 e. The molecule has 2 aliphatic heterocycles. The van der Waals surface area contributed by atoms with E-state index in [0.29, 0.717) is 12.6 Å². The van der Waals surface area contributed by atoms with E-state index in [9.17, 15) is 0 Å². The predicted octanol–water partition coefficient (Wildman–Crippen LogP) is 2.37. The van der Waals surface area contributed by atoms with Gasteiger partial charge in [0.05, 0.1) is 25.9 Å². The van der Waals surface area contributed by atoms with Gasteiger partial charge in [-0.15, -0.1) is 24.0 Å². The number of morpholine rings is 1. The largest absolute Gasteiger partial charge is 0.379 e. The molecular weight excluding hydrogens is 455 g/mol. The maximum Gasteiger partial charge on any atom is 0.191 e. The summed E-state index contributed by atoms with van der Waals surface area (Å²) in [7, 11) is 0. The number of aliphatic imine (C=N–C) groups is 1. The molecule has 0 amide bonds. The van der Waals surface area contributed by atoms with E-state index in [-0.39, 0.29) is 24.0 Å². The zero-order valence-corrected chi connectivity index (χ0v) is 18.6. The zero-order valence-electron chi connectivity index (χ0n) is 16.3. The molecule has 0 aromatic heterocycles. The smallest absolute Gasteiger partial charge is 0.191 e. The molecule has 0 aliphatic carbocycles. The number of benzene rings is 1.